The first-order valence-electron chi connectivity index (χ1n) is 6.33. The maximum absolute atomic E-state index is 4.72. The molecule has 1 saturated carbocycles. The molecule has 2 aromatic heterocycles. The van der Waals surface area contributed by atoms with E-state index in [0.717, 1.165) is 24.0 Å². The summed E-state index contributed by atoms with van der Waals surface area (Å²) in [5, 5.41) is 11.3. The second-order valence-electron chi connectivity index (χ2n) is 4.95. The molecular weight excluding hydrogens is 244 g/mol. The highest BCUT2D eigenvalue weighted by molar-refractivity contribution is 7.09. The van der Waals surface area contributed by atoms with Crippen molar-refractivity contribution in [1.29, 1.82) is 0 Å². The Kier molecular flexibility index (Phi) is 2.95. The minimum Gasteiger partial charge on any atom is -0.308 e. The smallest absolute Gasteiger partial charge is 0.107 e. The summed E-state index contributed by atoms with van der Waals surface area (Å²) < 4.78 is 1.92. The molecule has 4 nitrogen and oxygen atoms in total. The Morgan fingerprint density at radius 2 is 2.22 bits per heavy atom. The zero-order valence-electron chi connectivity index (χ0n) is 11.0. The molecule has 0 aromatic carbocycles. The summed E-state index contributed by atoms with van der Waals surface area (Å²) in [6.07, 6.45) is 2.64. The summed E-state index contributed by atoms with van der Waals surface area (Å²) in [6, 6.07) is 0.735. The predicted octanol–water partition coefficient (Wildman–Crippen LogP) is 2.41. The molecule has 0 atom stereocenters. The van der Waals surface area contributed by atoms with Crippen molar-refractivity contribution in [2.45, 2.75) is 39.3 Å². The van der Waals surface area contributed by atoms with Crippen molar-refractivity contribution in [1.82, 2.24) is 20.1 Å². The predicted molar refractivity (Wildman–Crippen MR) is 73.7 cm³/mol. The van der Waals surface area contributed by atoms with E-state index in [1.165, 1.54) is 29.1 Å². The van der Waals surface area contributed by atoms with E-state index in [2.05, 4.69) is 22.7 Å². The molecule has 96 valence electrons. The number of aromatic nitrogens is 3. The number of hydrogen-bond donors (Lipinski definition) is 1. The summed E-state index contributed by atoms with van der Waals surface area (Å²) in [4.78, 5) is 4.72. The lowest BCUT2D eigenvalue weighted by molar-refractivity contribution is 0.685. The van der Waals surface area contributed by atoms with Crippen LogP contribution in [0.5, 0.6) is 0 Å². The highest BCUT2D eigenvalue weighted by atomic mass is 32.1. The van der Waals surface area contributed by atoms with Gasteiger partial charge in [0.2, 0.25) is 0 Å². The number of thiazole rings is 1. The topological polar surface area (TPSA) is 42.7 Å². The Morgan fingerprint density at radius 1 is 1.44 bits per heavy atom. The van der Waals surface area contributed by atoms with Gasteiger partial charge >= 0.3 is 0 Å². The molecule has 1 N–H and O–H groups in total. The van der Waals surface area contributed by atoms with Crippen molar-refractivity contribution >= 4 is 11.3 Å². The fraction of sp³-hybridized carbons (Fsp3) is 0.538. The average Bonchev–Trinajstić information content (AvgIpc) is 2.99. The maximum Gasteiger partial charge on any atom is 0.107 e. The van der Waals surface area contributed by atoms with E-state index in [9.17, 15) is 0 Å². The van der Waals surface area contributed by atoms with Gasteiger partial charge in [0.15, 0.2) is 0 Å². The van der Waals surface area contributed by atoms with Crippen LogP contribution < -0.4 is 5.32 Å². The fourth-order valence-electron chi connectivity index (χ4n) is 2.17. The SMILES string of the molecule is Cc1nn(C)c(C)c1-c1csc(CNC2CC2)n1. The van der Waals surface area contributed by atoms with Gasteiger partial charge in [-0.1, -0.05) is 0 Å². The van der Waals surface area contributed by atoms with Crippen LogP contribution in [0.2, 0.25) is 0 Å². The highest BCUT2D eigenvalue weighted by Gasteiger charge is 2.21. The molecule has 1 fully saturated rings. The van der Waals surface area contributed by atoms with Gasteiger partial charge in [0.05, 0.1) is 11.4 Å². The Morgan fingerprint density at radius 3 is 2.83 bits per heavy atom. The van der Waals surface area contributed by atoms with E-state index in [1.807, 2.05) is 18.7 Å². The molecule has 1 aliphatic rings. The number of hydrogen-bond acceptors (Lipinski definition) is 4. The molecule has 2 aromatic rings. The zero-order valence-corrected chi connectivity index (χ0v) is 11.8. The van der Waals surface area contributed by atoms with Gasteiger partial charge in [-0.3, -0.25) is 4.68 Å². The molecular formula is C13H18N4S. The largest absolute Gasteiger partial charge is 0.308 e. The molecule has 0 radical (unpaired) electrons. The third kappa shape index (κ3) is 2.20. The Balaban J connectivity index is 1.82. The quantitative estimate of drug-likeness (QED) is 0.920. The van der Waals surface area contributed by atoms with Gasteiger partial charge in [0, 0.05) is 36.3 Å². The molecule has 3 rings (SSSR count). The van der Waals surface area contributed by atoms with Gasteiger partial charge in [-0.05, 0) is 26.7 Å². The van der Waals surface area contributed by atoms with Crippen LogP contribution in [0.15, 0.2) is 5.38 Å². The summed E-state index contributed by atoms with van der Waals surface area (Å²) >= 11 is 1.73. The van der Waals surface area contributed by atoms with Crippen LogP contribution in [-0.2, 0) is 13.6 Å². The summed E-state index contributed by atoms with van der Waals surface area (Å²) in [5.74, 6) is 0. The Hall–Kier alpha value is -1.20. The number of rotatable bonds is 4. The van der Waals surface area contributed by atoms with Crippen molar-refractivity contribution in [2.75, 3.05) is 0 Å². The monoisotopic (exact) mass is 262 g/mol. The number of nitrogens with zero attached hydrogens (tertiary/aromatic N) is 3. The van der Waals surface area contributed by atoms with Gasteiger partial charge in [-0.15, -0.1) is 11.3 Å². The second kappa shape index (κ2) is 4.48. The van der Waals surface area contributed by atoms with Crippen molar-refractivity contribution in [2.24, 2.45) is 7.05 Å². The van der Waals surface area contributed by atoms with E-state index in [1.54, 1.807) is 11.3 Å². The van der Waals surface area contributed by atoms with Crippen molar-refractivity contribution < 1.29 is 0 Å². The van der Waals surface area contributed by atoms with Crippen LogP contribution in [0.4, 0.5) is 0 Å². The summed E-state index contributed by atoms with van der Waals surface area (Å²) in [5.41, 5.74) is 4.49. The van der Waals surface area contributed by atoms with Crippen LogP contribution >= 0.6 is 11.3 Å². The summed E-state index contributed by atoms with van der Waals surface area (Å²) in [7, 11) is 1.98. The normalized spacial score (nSPS) is 15.3. The minimum absolute atomic E-state index is 0.735. The van der Waals surface area contributed by atoms with Crippen molar-refractivity contribution in [3.05, 3.63) is 21.8 Å². The molecule has 18 heavy (non-hydrogen) atoms. The zero-order chi connectivity index (χ0) is 12.7. The molecule has 5 heteroatoms. The van der Waals surface area contributed by atoms with E-state index in [4.69, 9.17) is 4.98 Å². The standard InChI is InChI=1S/C13H18N4S/c1-8-13(9(2)17(3)16-8)11-7-18-12(15-11)6-14-10-4-5-10/h7,10,14H,4-6H2,1-3H3. The maximum atomic E-state index is 4.72. The lowest BCUT2D eigenvalue weighted by atomic mass is 10.1. The molecule has 0 aliphatic heterocycles. The Bertz CT molecular complexity index is 566. The first-order valence-corrected chi connectivity index (χ1v) is 7.21. The molecule has 0 saturated heterocycles. The first kappa shape index (κ1) is 11.9. The van der Waals surface area contributed by atoms with Gasteiger partial charge < -0.3 is 5.32 Å². The van der Waals surface area contributed by atoms with E-state index >= 15 is 0 Å². The lowest BCUT2D eigenvalue weighted by Crippen LogP contribution is -2.14. The van der Waals surface area contributed by atoms with Gasteiger partial charge in [0.25, 0.3) is 0 Å². The average molecular weight is 262 g/mol. The van der Waals surface area contributed by atoms with Gasteiger partial charge in [0.1, 0.15) is 5.01 Å². The number of aryl methyl sites for hydroxylation is 2. The fourth-order valence-corrected chi connectivity index (χ4v) is 2.91. The van der Waals surface area contributed by atoms with Crippen LogP contribution in [0, 0.1) is 13.8 Å². The van der Waals surface area contributed by atoms with Crippen molar-refractivity contribution in [3.63, 3.8) is 0 Å². The van der Waals surface area contributed by atoms with Gasteiger partial charge in [-0.25, -0.2) is 4.98 Å². The minimum atomic E-state index is 0.735. The molecule has 1 aliphatic carbocycles. The van der Waals surface area contributed by atoms with E-state index in [-0.39, 0.29) is 0 Å². The first-order chi connectivity index (χ1) is 8.65. The molecule has 2 heterocycles. The second-order valence-corrected chi connectivity index (χ2v) is 5.89. The van der Waals surface area contributed by atoms with Crippen LogP contribution in [0.1, 0.15) is 29.2 Å². The molecule has 0 bridgehead atoms. The van der Waals surface area contributed by atoms with Crippen LogP contribution in [0.25, 0.3) is 11.3 Å². The molecule has 0 amide bonds. The third-order valence-corrected chi connectivity index (χ3v) is 4.29. The van der Waals surface area contributed by atoms with Crippen molar-refractivity contribution in [3.8, 4) is 11.3 Å². The van der Waals surface area contributed by atoms with E-state index < -0.39 is 0 Å². The highest BCUT2D eigenvalue weighted by Crippen LogP contribution is 2.28. The lowest BCUT2D eigenvalue weighted by Gasteiger charge is -1.99. The molecule has 0 spiro atoms. The number of nitrogens with one attached hydrogen (secondary N) is 1. The van der Waals surface area contributed by atoms with Crippen LogP contribution in [0.3, 0.4) is 0 Å². The van der Waals surface area contributed by atoms with Crippen LogP contribution in [-0.4, -0.2) is 20.8 Å². The molecule has 0 unspecified atom stereocenters. The summed E-state index contributed by atoms with van der Waals surface area (Å²) in [6.45, 7) is 5.04. The van der Waals surface area contributed by atoms with Gasteiger partial charge in [-0.2, -0.15) is 5.10 Å². The van der Waals surface area contributed by atoms with E-state index in [0.29, 0.717) is 0 Å². The third-order valence-electron chi connectivity index (χ3n) is 3.44. The Labute approximate surface area is 111 Å².